The van der Waals surface area contributed by atoms with Gasteiger partial charge in [-0.2, -0.15) is 5.10 Å². The predicted molar refractivity (Wildman–Crippen MR) is 208 cm³/mol. The van der Waals surface area contributed by atoms with Crippen LogP contribution in [0.1, 0.15) is 51.4 Å². The molecule has 0 saturated carbocycles. The molecule has 0 unspecified atom stereocenters. The first-order valence-electron chi connectivity index (χ1n) is 18.8. The van der Waals surface area contributed by atoms with Gasteiger partial charge in [0.15, 0.2) is 5.82 Å². The van der Waals surface area contributed by atoms with Crippen LogP contribution in [0.15, 0.2) is 48.7 Å². The number of anilines is 1. The third kappa shape index (κ3) is 8.71. The quantitative estimate of drug-likeness (QED) is 0.131. The number of aromatic amines is 2. The maximum absolute atomic E-state index is 13.6. The minimum absolute atomic E-state index is 0.270. The molecule has 2 fully saturated rings. The summed E-state index contributed by atoms with van der Waals surface area (Å²) in [4.78, 5) is 75.8. The molecule has 5 amide bonds. The molecule has 2 saturated heterocycles. The lowest BCUT2D eigenvalue weighted by molar-refractivity contribution is -0.141. The highest BCUT2D eigenvalue weighted by Crippen LogP contribution is 2.34. The second-order valence-electron chi connectivity index (χ2n) is 14.1. The number of nitrogens with zero attached hydrogens (tertiary/aromatic N) is 4. The SMILES string of the molecule is COC(=O)N[C@H](C(=O)N1CCC[C@H]1C(=O)Nc1n[nH]c2cc(-c3ccc(-c4cnc([C@@H]5CCCN5C(=O)[C@@H](NC(=O)OC)[C@@H](C)OC)[nH]4)cc3)ccc12)[C@@H](C)OC. The Balaban J connectivity index is 1.12. The average Bonchev–Trinajstić information content (AvgIpc) is 4.08. The van der Waals surface area contributed by atoms with Crippen LogP contribution in [-0.4, -0.2) is 132 Å². The molecule has 4 aromatic rings. The van der Waals surface area contributed by atoms with Crippen molar-refractivity contribution in [2.75, 3.05) is 46.8 Å². The number of carbonyl (C=O) groups excluding carboxylic acids is 5. The minimum atomic E-state index is -1.03. The molecule has 2 aliphatic heterocycles. The Kier molecular flexibility index (Phi) is 12.7. The Morgan fingerprint density at radius 2 is 1.35 bits per heavy atom. The number of imidazole rings is 1. The maximum Gasteiger partial charge on any atom is 0.407 e. The first kappa shape index (κ1) is 40.6. The third-order valence-corrected chi connectivity index (χ3v) is 10.8. The third-order valence-electron chi connectivity index (χ3n) is 10.8. The van der Waals surface area contributed by atoms with E-state index in [2.05, 4.69) is 40.9 Å². The van der Waals surface area contributed by atoms with Crippen molar-refractivity contribution in [1.29, 1.82) is 0 Å². The van der Waals surface area contributed by atoms with Crippen molar-refractivity contribution in [2.45, 2.75) is 75.9 Å². The fourth-order valence-corrected chi connectivity index (χ4v) is 7.37. The Morgan fingerprint density at radius 1 is 0.772 bits per heavy atom. The molecule has 2 aromatic heterocycles. The molecule has 0 radical (unpaired) electrons. The van der Waals surface area contributed by atoms with Crippen LogP contribution in [0.5, 0.6) is 0 Å². The standard InChI is InChI=1S/C39H49N9O9/c1-21(54-3)31(42-38(52)56-5)36(50)47-17-7-9-29(47)34-40-20-28(41-34)24-13-11-23(12-14-24)25-15-16-26-27(19-25)45-46-33(26)44-35(49)30-10-8-18-48(30)37(51)32(22(2)55-4)43-39(53)57-6/h11-16,19-22,29-32H,7-10,17-18H2,1-6H3,(H,40,41)(H,42,52)(H,43,53)(H2,44,45,46,49)/t21-,22-,29+,30+,31+,32+/m1/s1. The van der Waals surface area contributed by atoms with Crippen molar-refractivity contribution in [3.8, 4) is 22.4 Å². The second kappa shape index (κ2) is 17.8. The summed E-state index contributed by atoms with van der Waals surface area (Å²) in [6, 6.07) is 10.7. The molecule has 57 heavy (non-hydrogen) atoms. The maximum atomic E-state index is 13.6. The van der Waals surface area contributed by atoms with E-state index in [1.165, 1.54) is 33.3 Å². The van der Waals surface area contributed by atoms with E-state index < -0.39 is 48.4 Å². The number of carbonyl (C=O) groups is 5. The molecule has 18 nitrogen and oxygen atoms in total. The zero-order valence-electron chi connectivity index (χ0n) is 32.8. The van der Waals surface area contributed by atoms with Gasteiger partial charge in [0, 0.05) is 32.7 Å². The molecular formula is C39H49N9O9. The summed E-state index contributed by atoms with van der Waals surface area (Å²) >= 11 is 0. The van der Waals surface area contributed by atoms with Crippen molar-refractivity contribution in [3.05, 3.63) is 54.5 Å². The van der Waals surface area contributed by atoms with Crippen LogP contribution in [0.25, 0.3) is 33.3 Å². The van der Waals surface area contributed by atoms with Crippen LogP contribution in [0.3, 0.4) is 0 Å². The summed E-state index contributed by atoms with van der Waals surface area (Å²) < 4.78 is 20.1. The van der Waals surface area contributed by atoms with E-state index in [4.69, 9.17) is 14.2 Å². The number of rotatable bonds is 13. The van der Waals surface area contributed by atoms with Gasteiger partial charge in [-0.15, -0.1) is 0 Å². The summed E-state index contributed by atoms with van der Waals surface area (Å²) in [5.41, 5.74) is 4.28. The monoisotopic (exact) mass is 787 g/mol. The number of methoxy groups -OCH3 is 4. The Hall–Kier alpha value is -6.01. The first-order chi connectivity index (χ1) is 27.5. The van der Waals surface area contributed by atoms with Crippen LogP contribution < -0.4 is 16.0 Å². The number of nitrogens with one attached hydrogen (secondary N) is 5. The van der Waals surface area contributed by atoms with Crippen LogP contribution in [0.2, 0.25) is 0 Å². The lowest BCUT2D eigenvalue weighted by Crippen LogP contribution is -2.56. The van der Waals surface area contributed by atoms with Gasteiger partial charge in [-0.25, -0.2) is 14.6 Å². The van der Waals surface area contributed by atoms with E-state index >= 15 is 0 Å². The molecule has 2 aromatic carbocycles. The number of ether oxygens (including phenoxy) is 4. The lowest BCUT2D eigenvalue weighted by Gasteiger charge is -2.30. The highest BCUT2D eigenvalue weighted by Gasteiger charge is 2.41. The van der Waals surface area contributed by atoms with Gasteiger partial charge < -0.3 is 49.7 Å². The summed E-state index contributed by atoms with van der Waals surface area (Å²) in [6.45, 7) is 4.24. The summed E-state index contributed by atoms with van der Waals surface area (Å²) in [7, 11) is 5.37. The average molecular weight is 788 g/mol. The molecule has 4 heterocycles. The van der Waals surface area contributed by atoms with Crippen LogP contribution >= 0.6 is 0 Å². The first-order valence-corrected chi connectivity index (χ1v) is 18.8. The van der Waals surface area contributed by atoms with E-state index in [1.807, 2.05) is 42.5 Å². The van der Waals surface area contributed by atoms with E-state index in [-0.39, 0.29) is 17.9 Å². The normalized spacial score (nSPS) is 18.8. The van der Waals surface area contributed by atoms with Gasteiger partial charge in [0.1, 0.15) is 23.9 Å². The molecule has 0 aliphatic carbocycles. The Bertz CT molecular complexity index is 2080. The molecule has 2 aliphatic rings. The molecule has 304 valence electrons. The number of likely N-dealkylation sites (tertiary alicyclic amines) is 2. The fraction of sp³-hybridized carbons (Fsp3) is 0.462. The predicted octanol–water partition coefficient (Wildman–Crippen LogP) is 3.73. The fourth-order valence-electron chi connectivity index (χ4n) is 7.37. The number of fused-ring (bicyclic) bond motifs is 1. The molecule has 6 atom stereocenters. The molecule has 0 bridgehead atoms. The van der Waals surface area contributed by atoms with Gasteiger partial charge in [-0.3, -0.25) is 19.5 Å². The zero-order valence-corrected chi connectivity index (χ0v) is 32.8. The topological polar surface area (TPSA) is 222 Å². The van der Waals surface area contributed by atoms with Gasteiger partial charge in [0.25, 0.3) is 0 Å². The number of aromatic nitrogens is 4. The summed E-state index contributed by atoms with van der Waals surface area (Å²) in [6.07, 6.45) is 1.61. The molecular weight excluding hydrogens is 738 g/mol. The number of benzene rings is 2. The van der Waals surface area contributed by atoms with Gasteiger partial charge in [-0.1, -0.05) is 30.3 Å². The summed E-state index contributed by atoms with van der Waals surface area (Å²) in [5.74, 6) is -0.0970. The van der Waals surface area contributed by atoms with Gasteiger partial charge in [-0.05, 0) is 68.4 Å². The van der Waals surface area contributed by atoms with Crippen LogP contribution in [0.4, 0.5) is 15.4 Å². The van der Waals surface area contributed by atoms with Gasteiger partial charge >= 0.3 is 12.2 Å². The number of H-pyrrole nitrogens is 2. The minimum Gasteiger partial charge on any atom is -0.453 e. The molecule has 0 spiro atoms. The highest BCUT2D eigenvalue weighted by atomic mass is 16.5. The van der Waals surface area contributed by atoms with Crippen LogP contribution in [-0.2, 0) is 33.3 Å². The summed E-state index contributed by atoms with van der Waals surface area (Å²) in [5, 5.41) is 16.1. The lowest BCUT2D eigenvalue weighted by atomic mass is 10.0. The smallest absolute Gasteiger partial charge is 0.407 e. The molecule has 5 N–H and O–H groups in total. The van der Waals surface area contributed by atoms with Crippen molar-refractivity contribution < 1.29 is 42.9 Å². The van der Waals surface area contributed by atoms with Crippen LogP contribution in [0, 0.1) is 0 Å². The van der Waals surface area contributed by atoms with E-state index in [9.17, 15) is 24.0 Å². The zero-order chi connectivity index (χ0) is 40.8. The van der Waals surface area contributed by atoms with Crippen molar-refractivity contribution in [2.24, 2.45) is 0 Å². The van der Waals surface area contributed by atoms with Crippen molar-refractivity contribution in [1.82, 2.24) is 40.6 Å². The number of hydrogen-bond acceptors (Lipinski definition) is 11. The number of amides is 5. The van der Waals surface area contributed by atoms with Gasteiger partial charge in [0.05, 0.1) is 49.9 Å². The van der Waals surface area contributed by atoms with E-state index in [0.29, 0.717) is 48.5 Å². The number of alkyl carbamates (subject to hydrolysis) is 2. The van der Waals surface area contributed by atoms with E-state index in [1.54, 1.807) is 24.9 Å². The molecule has 18 heteroatoms. The Morgan fingerprint density at radius 3 is 1.98 bits per heavy atom. The van der Waals surface area contributed by atoms with Gasteiger partial charge in [0.2, 0.25) is 17.7 Å². The second-order valence-corrected chi connectivity index (χ2v) is 14.1. The number of hydrogen-bond donors (Lipinski definition) is 5. The largest absolute Gasteiger partial charge is 0.453 e. The van der Waals surface area contributed by atoms with Crippen molar-refractivity contribution >= 4 is 46.6 Å². The highest BCUT2D eigenvalue weighted by molar-refractivity contribution is 6.04. The Labute approximate surface area is 329 Å². The van der Waals surface area contributed by atoms with E-state index in [0.717, 1.165) is 35.2 Å². The van der Waals surface area contributed by atoms with Crippen molar-refractivity contribution in [3.63, 3.8) is 0 Å². The molecule has 6 rings (SSSR count).